The van der Waals surface area contributed by atoms with E-state index in [9.17, 15) is 43.8 Å². The number of primary amides is 1. The Labute approximate surface area is 310 Å². The Kier molecular flexibility index (Phi) is 22.2. The van der Waals surface area contributed by atoms with Gasteiger partial charge in [0.15, 0.2) is 0 Å². The van der Waals surface area contributed by atoms with Crippen LogP contribution in [-0.4, -0.2) is 108 Å². The minimum atomic E-state index is -1.44. The van der Waals surface area contributed by atoms with Crippen LogP contribution in [0.5, 0.6) is 0 Å². The number of carbonyl (C=O) groups excluding carboxylic acids is 6. The summed E-state index contributed by atoms with van der Waals surface area (Å²) in [5.41, 5.74) is 23.3. The predicted molar refractivity (Wildman–Crippen MR) is 196 cm³/mol. The third-order valence-electron chi connectivity index (χ3n) is 8.76. The highest BCUT2D eigenvalue weighted by Gasteiger charge is 2.33. The van der Waals surface area contributed by atoms with Crippen LogP contribution in [0.25, 0.3) is 0 Å². The van der Waals surface area contributed by atoms with Crippen LogP contribution in [0.3, 0.4) is 0 Å². The van der Waals surface area contributed by atoms with Crippen LogP contribution < -0.4 is 49.5 Å². The molecule has 0 heterocycles. The number of carboxylic acid groups (broad SMARTS) is 1. The summed E-state index contributed by atoms with van der Waals surface area (Å²) in [7, 11) is 0. The van der Waals surface area contributed by atoms with Crippen molar-refractivity contribution in [1.82, 2.24) is 26.6 Å². The van der Waals surface area contributed by atoms with Crippen LogP contribution in [0.2, 0.25) is 0 Å². The van der Waals surface area contributed by atoms with E-state index >= 15 is 0 Å². The van der Waals surface area contributed by atoms with Crippen LogP contribution in [0.1, 0.15) is 77.2 Å². The van der Waals surface area contributed by atoms with Gasteiger partial charge in [-0.05, 0) is 69.5 Å². The van der Waals surface area contributed by atoms with E-state index in [2.05, 4.69) is 26.6 Å². The van der Waals surface area contributed by atoms with Crippen molar-refractivity contribution in [2.45, 2.75) is 114 Å². The Morgan fingerprint density at radius 2 is 1.11 bits per heavy atom. The maximum atomic E-state index is 13.9. The number of hydrogen-bond acceptors (Lipinski definition) is 11. The molecular formula is C35H59N9O9. The molecule has 0 bridgehead atoms. The molecule has 0 aliphatic heterocycles. The molecule has 0 aliphatic carbocycles. The first kappa shape index (κ1) is 46.4. The smallest absolute Gasteiger partial charge is 0.303 e. The Morgan fingerprint density at radius 1 is 0.660 bits per heavy atom. The highest BCUT2D eigenvalue weighted by atomic mass is 16.4. The Balaban J connectivity index is 3.33. The van der Waals surface area contributed by atoms with Gasteiger partial charge in [-0.3, -0.25) is 33.6 Å². The summed E-state index contributed by atoms with van der Waals surface area (Å²) in [6, 6.07) is 1.16. The molecule has 0 unspecified atom stereocenters. The number of aliphatic carboxylic acids is 1. The van der Waals surface area contributed by atoms with Crippen molar-refractivity contribution in [2.24, 2.45) is 28.9 Å². The summed E-state index contributed by atoms with van der Waals surface area (Å²) in [6.45, 7) is 3.46. The van der Waals surface area contributed by atoms with Crippen molar-refractivity contribution in [3.63, 3.8) is 0 Å². The number of nitrogens with one attached hydrogen (secondary N) is 5. The highest BCUT2D eigenvalue weighted by molar-refractivity contribution is 5.96. The number of aliphatic hydroxyl groups excluding tert-OH is 1. The molecule has 0 saturated carbocycles. The van der Waals surface area contributed by atoms with Gasteiger partial charge in [0, 0.05) is 12.8 Å². The maximum absolute atomic E-state index is 13.9. The number of rotatable bonds is 27. The first-order valence-corrected chi connectivity index (χ1v) is 18.0. The number of unbranched alkanes of at least 4 members (excludes halogenated alkanes) is 2. The van der Waals surface area contributed by atoms with Crippen LogP contribution in [-0.2, 0) is 40.0 Å². The van der Waals surface area contributed by atoms with E-state index in [1.54, 1.807) is 37.3 Å². The van der Waals surface area contributed by atoms with Gasteiger partial charge in [-0.1, -0.05) is 50.6 Å². The maximum Gasteiger partial charge on any atom is 0.303 e. The Bertz CT molecular complexity index is 1340. The summed E-state index contributed by atoms with van der Waals surface area (Å²) in [6.07, 6.45) is 1.83. The molecule has 1 rings (SSSR count). The lowest BCUT2D eigenvalue weighted by Crippen LogP contribution is -2.60. The molecule has 0 aliphatic rings. The molecule has 0 saturated heterocycles. The summed E-state index contributed by atoms with van der Waals surface area (Å²) in [5, 5.41) is 31.9. The van der Waals surface area contributed by atoms with Crippen molar-refractivity contribution >= 4 is 41.4 Å². The molecule has 7 atom stereocenters. The van der Waals surface area contributed by atoms with E-state index in [1.165, 1.54) is 0 Å². The van der Waals surface area contributed by atoms with Crippen molar-refractivity contribution in [1.29, 1.82) is 0 Å². The molecule has 15 N–H and O–H groups in total. The largest absolute Gasteiger partial charge is 0.481 e. The van der Waals surface area contributed by atoms with E-state index in [4.69, 9.17) is 22.9 Å². The number of benzene rings is 1. The summed E-state index contributed by atoms with van der Waals surface area (Å²) < 4.78 is 0. The van der Waals surface area contributed by atoms with Gasteiger partial charge in [0.2, 0.25) is 35.4 Å². The van der Waals surface area contributed by atoms with Crippen LogP contribution in [0.15, 0.2) is 30.3 Å². The van der Waals surface area contributed by atoms with Gasteiger partial charge in [-0.25, -0.2) is 0 Å². The average Bonchev–Trinajstić information content (AvgIpc) is 3.13. The predicted octanol–water partition coefficient (Wildman–Crippen LogP) is -2.37. The van der Waals surface area contributed by atoms with Crippen molar-refractivity contribution in [3.8, 4) is 0 Å². The first-order chi connectivity index (χ1) is 25.2. The molecule has 0 fully saturated rings. The summed E-state index contributed by atoms with van der Waals surface area (Å²) in [5.74, 6) is -6.28. The van der Waals surface area contributed by atoms with Crippen molar-refractivity contribution in [2.75, 3.05) is 19.7 Å². The molecule has 0 aromatic heterocycles. The van der Waals surface area contributed by atoms with Gasteiger partial charge < -0.3 is 59.7 Å². The number of nitrogens with two attached hydrogens (primary N) is 4. The fraction of sp³-hybridized carbons (Fsp3) is 0.629. The minimum absolute atomic E-state index is 0.0453. The fourth-order valence-corrected chi connectivity index (χ4v) is 5.20. The zero-order chi connectivity index (χ0) is 39.9. The second-order valence-corrected chi connectivity index (χ2v) is 13.0. The lowest BCUT2D eigenvalue weighted by atomic mass is 9.99. The Morgan fingerprint density at radius 3 is 1.60 bits per heavy atom. The quantitative estimate of drug-likeness (QED) is 0.0421. The van der Waals surface area contributed by atoms with Gasteiger partial charge in [0.05, 0.1) is 12.6 Å². The SMILES string of the molecule is CC[C@H](C)[C@H](N)C(=O)N[C@@H](CO)C(=O)N[C@@H](Cc1ccccc1)C(=O)N[C@@H](CCCCN)C(=O)N[C@@H](CCC(=O)O)C(=O)N[C@@H](CCCCN)C(N)=O. The molecule has 1 aromatic carbocycles. The molecule has 18 heteroatoms. The monoisotopic (exact) mass is 749 g/mol. The third-order valence-corrected chi connectivity index (χ3v) is 8.76. The van der Waals surface area contributed by atoms with E-state index in [-0.39, 0.29) is 38.1 Å². The standard InChI is InChI=1S/C35H59N9O9/c1-3-21(2)29(38)35(53)44-27(20-45)34(52)43-26(19-22-11-5-4-6-12-22)33(51)41-24(14-8-10-18-37)31(49)42-25(15-16-28(46)47)32(50)40-23(30(39)48)13-7-9-17-36/h4-6,11-12,21,23-27,29,45H,3,7-10,13-20,36-38H2,1-2H3,(H2,39,48)(H,40,50)(H,41,51)(H,42,49)(H,43,52)(H,44,53)(H,46,47)/t21-,23-,24-,25-,26-,27-,29-/m0/s1. The molecule has 0 radical (unpaired) electrons. The first-order valence-electron chi connectivity index (χ1n) is 18.0. The van der Waals surface area contributed by atoms with Gasteiger partial charge in [-0.15, -0.1) is 0 Å². The number of hydrogen-bond donors (Lipinski definition) is 11. The fourth-order valence-electron chi connectivity index (χ4n) is 5.20. The number of amides is 6. The topological polar surface area (TPSA) is 324 Å². The third kappa shape index (κ3) is 17.6. The second kappa shape index (κ2) is 25.3. The normalized spacial score (nSPS) is 15.0. The average molecular weight is 750 g/mol. The number of carbonyl (C=O) groups is 7. The van der Waals surface area contributed by atoms with Crippen LogP contribution >= 0.6 is 0 Å². The number of carboxylic acids is 1. The van der Waals surface area contributed by atoms with Crippen LogP contribution in [0.4, 0.5) is 0 Å². The molecule has 18 nitrogen and oxygen atoms in total. The lowest BCUT2D eigenvalue weighted by molar-refractivity contribution is -0.138. The van der Waals surface area contributed by atoms with Gasteiger partial charge >= 0.3 is 5.97 Å². The summed E-state index contributed by atoms with van der Waals surface area (Å²) >= 11 is 0. The molecule has 298 valence electrons. The zero-order valence-corrected chi connectivity index (χ0v) is 30.7. The van der Waals surface area contributed by atoms with Crippen LogP contribution in [0, 0.1) is 5.92 Å². The summed E-state index contributed by atoms with van der Waals surface area (Å²) in [4.78, 5) is 90.3. The van der Waals surface area contributed by atoms with Gasteiger partial charge in [-0.2, -0.15) is 0 Å². The van der Waals surface area contributed by atoms with Crippen molar-refractivity contribution in [3.05, 3.63) is 35.9 Å². The van der Waals surface area contributed by atoms with E-state index < -0.39 is 90.7 Å². The number of aliphatic hydroxyl groups is 1. The van der Waals surface area contributed by atoms with E-state index in [1.807, 2.05) is 6.92 Å². The minimum Gasteiger partial charge on any atom is -0.481 e. The second-order valence-electron chi connectivity index (χ2n) is 13.0. The van der Waals surface area contributed by atoms with E-state index in [0.717, 1.165) is 0 Å². The lowest BCUT2D eigenvalue weighted by Gasteiger charge is -2.27. The molecule has 1 aromatic rings. The van der Waals surface area contributed by atoms with Gasteiger partial charge in [0.25, 0.3) is 0 Å². The zero-order valence-electron chi connectivity index (χ0n) is 30.7. The van der Waals surface area contributed by atoms with E-state index in [0.29, 0.717) is 44.2 Å². The Hall–Kier alpha value is -4.65. The molecule has 53 heavy (non-hydrogen) atoms. The van der Waals surface area contributed by atoms with Crippen molar-refractivity contribution < 1.29 is 43.8 Å². The molecule has 6 amide bonds. The molecular weight excluding hydrogens is 690 g/mol. The molecule has 0 spiro atoms. The van der Waals surface area contributed by atoms with Gasteiger partial charge in [0.1, 0.15) is 30.2 Å². The highest BCUT2D eigenvalue weighted by Crippen LogP contribution is 2.10.